The largest absolute Gasteiger partial charge is 0.432 e. The zero-order valence-electron chi connectivity index (χ0n) is 13.4. The maximum atomic E-state index is 14.6. The number of hydrogen-bond acceptors (Lipinski definition) is 0. The molecule has 0 aromatic carbocycles. The second kappa shape index (κ2) is 6.01. The van der Waals surface area contributed by atoms with Crippen molar-refractivity contribution in [1.29, 1.82) is 0 Å². The Morgan fingerprint density at radius 3 is 0.781 bits per heavy atom. The summed E-state index contributed by atoms with van der Waals surface area (Å²) >= 11 is 0. The summed E-state index contributed by atoms with van der Waals surface area (Å²) in [5.41, 5.74) is -27.2. The average Bonchev–Trinajstić information content (AvgIpc) is 2.54. The molecule has 32 heavy (non-hydrogen) atoms. The van der Waals surface area contributed by atoms with Gasteiger partial charge in [0.05, 0.1) is 0 Å². The first-order valence-electron chi connectivity index (χ1n) is 6.78. The molecule has 0 N–H and O–H groups in total. The summed E-state index contributed by atoms with van der Waals surface area (Å²) < 4.78 is 270. The van der Waals surface area contributed by atoms with Crippen LogP contribution in [0.4, 0.5) is 87.8 Å². The summed E-state index contributed by atoms with van der Waals surface area (Å²) in [6, 6.07) is 0. The van der Waals surface area contributed by atoms with E-state index in [4.69, 9.17) is 0 Å². The van der Waals surface area contributed by atoms with E-state index in [0.29, 0.717) is 0 Å². The van der Waals surface area contributed by atoms with Crippen LogP contribution in [0.2, 0.25) is 0 Å². The van der Waals surface area contributed by atoms with Crippen molar-refractivity contribution >= 4 is 0 Å². The summed E-state index contributed by atoms with van der Waals surface area (Å²) in [6.45, 7) is 0. The molecule has 0 saturated heterocycles. The molecule has 0 amide bonds. The Morgan fingerprint density at radius 1 is 0.312 bits per heavy atom. The van der Waals surface area contributed by atoms with Crippen molar-refractivity contribution in [2.45, 2.75) is 64.6 Å². The van der Waals surface area contributed by atoms with E-state index in [9.17, 15) is 87.8 Å². The van der Waals surface area contributed by atoms with Crippen molar-refractivity contribution in [3.8, 4) is 0 Å². The fourth-order valence-electron chi connectivity index (χ4n) is 3.35. The van der Waals surface area contributed by atoms with Crippen LogP contribution in [0, 0.1) is 0 Å². The third kappa shape index (κ3) is 2.00. The second-order valence-corrected chi connectivity index (χ2v) is 6.49. The van der Waals surface area contributed by atoms with Crippen molar-refractivity contribution in [2.75, 3.05) is 0 Å². The van der Waals surface area contributed by atoms with E-state index >= 15 is 0 Å². The van der Waals surface area contributed by atoms with E-state index in [0.717, 1.165) is 0 Å². The molecule has 194 valence electrons. The van der Waals surface area contributed by atoms with Crippen LogP contribution in [0.25, 0.3) is 0 Å². The molecule has 3 atom stereocenters. The Balaban J connectivity index is 0.00000512. The summed E-state index contributed by atoms with van der Waals surface area (Å²) in [4.78, 5) is 0. The molecule has 0 aliphatic heterocycles. The Kier molecular flexibility index (Phi) is 5.47. The molecule has 0 aromatic heterocycles. The monoisotopic (exact) mass is 570 g/mol. The maximum absolute atomic E-state index is 14.6. The van der Waals surface area contributed by atoms with Crippen molar-refractivity contribution < 1.29 is 104 Å². The number of rotatable bonds is 0. The van der Waals surface area contributed by atoms with Gasteiger partial charge in [0.15, 0.2) is 0 Å². The molecule has 0 radical (unpaired) electrons. The molecule has 0 bridgehead atoms. The van der Waals surface area contributed by atoms with Gasteiger partial charge < -0.3 is 0 Å². The molecular weight excluding hydrogens is 571 g/mol. The molecule has 2 aliphatic carbocycles. The normalized spacial score (nSPS) is 42.4. The average molecular weight is 571 g/mol. The topological polar surface area (TPSA) is 0 Å². The third-order valence-electron chi connectivity index (χ3n) is 5.04. The van der Waals surface area contributed by atoms with Crippen LogP contribution in [0.5, 0.6) is 0 Å². The summed E-state index contributed by atoms with van der Waals surface area (Å²) in [5, 5.41) is 0. The van der Waals surface area contributed by atoms with Gasteiger partial charge in [-0.2, -0.15) is 74.6 Å². The van der Waals surface area contributed by atoms with Crippen LogP contribution < -0.4 is 0 Å². The first-order chi connectivity index (χ1) is 13.0. The van der Waals surface area contributed by atoms with Gasteiger partial charge in [-0.3, -0.25) is 0 Å². The van der Waals surface area contributed by atoms with E-state index < -0.39 is 64.6 Å². The van der Waals surface area contributed by atoms with Gasteiger partial charge in [0.25, 0.3) is 11.3 Å². The minimum Gasteiger partial charge on any atom is -0.228 e. The van der Waals surface area contributed by atoms with Gasteiger partial charge in [-0.25, -0.2) is 13.2 Å². The zero-order valence-corrected chi connectivity index (χ0v) is 14.4. The van der Waals surface area contributed by atoms with Crippen LogP contribution in [0.3, 0.4) is 0 Å². The molecule has 2 rings (SSSR count). The van der Waals surface area contributed by atoms with Crippen molar-refractivity contribution in [1.82, 2.24) is 0 Å². The van der Waals surface area contributed by atoms with E-state index in [-0.39, 0.29) is 16.5 Å². The Hall–Kier alpha value is -0.906. The first-order valence-corrected chi connectivity index (χ1v) is 6.78. The quantitative estimate of drug-likeness (QED) is 0.242. The Morgan fingerprint density at radius 2 is 0.531 bits per heavy atom. The van der Waals surface area contributed by atoms with Gasteiger partial charge in [0, 0.05) is 16.5 Å². The smallest absolute Gasteiger partial charge is 0.228 e. The van der Waals surface area contributed by atoms with Crippen molar-refractivity contribution in [3.63, 3.8) is 0 Å². The van der Waals surface area contributed by atoms with E-state index in [1.807, 2.05) is 0 Å². The first kappa shape index (κ1) is 29.1. The minimum atomic E-state index is -9.16. The van der Waals surface area contributed by atoms with Gasteiger partial charge in [0.2, 0.25) is 0 Å². The van der Waals surface area contributed by atoms with Gasteiger partial charge in [0.1, 0.15) is 0 Å². The minimum absolute atomic E-state index is 0. The molecule has 0 nitrogen and oxygen atoms in total. The Bertz CT molecular complexity index is 786. The van der Waals surface area contributed by atoms with Crippen molar-refractivity contribution in [2.24, 2.45) is 0 Å². The molecule has 0 heterocycles. The third-order valence-corrected chi connectivity index (χ3v) is 5.04. The molecule has 21 heteroatoms. The van der Waals surface area contributed by atoms with Gasteiger partial charge >= 0.3 is 53.3 Å². The van der Waals surface area contributed by atoms with Gasteiger partial charge in [-0.05, 0) is 0 Å². The van der Waals surface area contributed by atoms with Gasteiger partial charge in [-0.1, -0.05) is 0 Å². The van der Waals surface area contributed by atoms with Crippen LogP contribution in [0.1, 0.15) is 0 Å². The molecule has 3 unspecified atom stereocenters. The predicted octanol–water partition coefficient (Wildman–Crippen LogP) is 6.15. The zero-order chi connectivity index (χ0) is 25.5. The fourth-order valence-corrected chi connectivity index (χ4v) is 3.35. The van der Waals surface area contributed by atoms with E-state index in [1.54, 1.807) is 0 Å². The number of alkyl halides is 20. The summed E-state index contributed by atoms with van der Waals surface area (Å²) in [7, 11) is 0. The maximum Gasteiger partial charge on any atom is 0.432 e. The van der Waals surface area contributed by atoms with Crippen LogP contribution in [0.15, 0.2) is 0 Å². The number of hydrogen-bond donors (Lipinski definition) is 0. The molecule has 0 aromatic rings. The molecule has 2 saturated carbocycles. The van der Waals surface area contributed by atoms with E-state index in [2.05, 4.69) is 0 Å². The van der Waals surface area contributed by atoms with E-state index in [1.165, 1.54) is 0 Å². The summed E-state index contributed by atoms with van der Waals surface area (Å²) in [6.07, 6.45) is -8.58. The van der Waals surface area contributed by atoms with Crippen LogP contribution in [-0.4, -0.2) is 64.6 Å². The molecule has 0 spiro atoms. The number of halogens is 20. The second-order valence-electron chi connectivity index (χ2n) is 6.49. The molecule has 2 aliphatic rings. The standard InChI is InChI=1S/C11F20.Ni/c12-1-2(13,6(19,20)10(27,28)9(25,26)4(1,15)16)5(17,18)8(23,24)7(21,22)3(1,14)11(29,30)31;. The van der Waals surface area contributed by atoms with Crippen LogP contribution >= 0.6 is 0 Å². The Labute approximate surface area is 170 Å². The SMILES string of the molecule is FC(F)(F)C1(F)C(F)(F)C(F)(F)C(F)(F)C2(F)C(F)(F)C(F)(F)C(F)(F)C(F)(F)C12F.[Ni]. The van der Waals surface area contributed by atoms with Gasteiger partial charge in [-0.15, -0.1) is 0 Å². The predicted molar refractivity (Wildman–Crippen MR) is 52.2 cm³/mol. The fraction of sp³-hybridized carbons (Fsp3) is 1.00. The van der Waals surface area contributed by atoms with Crippen molar-refractivity contribution in [3.05, 3.63) is 0 Å². The number of fused-ring (bicyclic) bond motifs is 1. The summed E-state index contributed by atoms with van der Waals surface area (Å²) in [5.74, 6) is -60.7. The van der Waals surface area contributed by atoms with Crippen LogP contribution in [-0.2, 0) is 16.5 Å². The molecule has 2 fully saturated rings. The molecular formula is C11F20Ni.